The van der Waals surface area contributed by atoms with Crippen LogP contribution in [-0.2, 0) is 17.6 Å². The van der Waals surface area contributed by atoms with Crippen LogP contribution in [-0.4, -0.2) is 20.0 Å². The van der Waals surface area contributed by atoms with Gasteiger partial charge in [0.1, 0.15) is 17.3 Å². The predicted octanol–water partition coefficient (Wildman–Crippen LogP) is 3.84. The van der Waals surface area contributed by atoms with E-state index < -0.39 is 0 Å². The third-order valence-electron chi connectivity index (χ3n) is 3.65. The molecule has 0 aliphatic rings. The molecule has 3 heteroatoms. The molecule has 0 heterocycles. The molecule has 0 amide bonds. The van der Waals surface area contributed by atoms with Gasteiger partial charge in [-0.1, -0.05) is 24.3 Å². The van der Waals surface area contributed by atoms with Crippen LogP contribution in [0.25, 0.3) is 0 Å². The number of aryl methyl sites for hydroxylation is 2. The summed E-state index contributed by atoms with van der Waals surface area (Å²) < 4.78 is 10.4. The number of methoxy groups -OCH3 is 2. The maximum Gasteiger partial charge on any atom is 0.133 e. The first-order valence-electron chi connectivity index (χ1n) is 7.49. The minimum atomic E-state index is 0.283. The second-order valence-electron chi connectivity index (χ2n) is 5.24. The van der Waals surface area contributed by atoms with E-state index >= 15 is 0 Å². The molecular formula is C19H22O3. The van der Waals surface area contributed by atoms with Crippen LogP contribution in [0, 0.1) is 0 Å². The summed E-state index contributed by atoms with van der Waals surface area (Å²) in [6.07, 6.45) is 2.65. The van der Waals surface area contributed by atoms with Crippen LogP contribution in [0.4, 0.5) is 0 Å². The summed E-state index contributed by atoms with van der Waals surface area (Å²) in [7, 11) is 3.30. The van der Waals surface area contributed by atoms with Crippen molar-refractivity contribution in [3.8, 4) is 11.5 Å². The first-order chi connectivity index (χ1) is 10.7. The average molecular weight is 298 g/mol. The van der Waals surface area contributed by atoms with E-state index in [2.05, 4.69) is 0 Å². The van der Waals surface area contributed by atoms with Crippen molar-refractivity contribution in [2.75, 3.05) is 14.2 Å². The van der Waals surface area contributed by atoms with Gasteiger partial charge in [-0.25, -0.2) is 0 Å². The summed E-state index contributed by atoms with van der Waals surface area (Å²) >= 11 is 0. The predicted molar refractivity (Wildman–Crippen MR) is 87.6 cm³/mol. The number of hydrogen-bond acceptors (Lipinski definition) is 3. The lowest BCUT2D eigenvalue weighted by atomic mass is 10.0. The van der Waals surface area contributed by atoms with Crippen molar-refractivity contribution < 1.29 is 14.3 Å². The molecule has 0 atom stereocenters. The number of carbonyl (C=O) groups is 1. The number of Topliss-reactive ketones (excluding diaryl/α,β-unsaturated/α-hetero) is 1. The largest absolute Gasteiger partial charge is 0.497 e. The van der Waals surface area contributed by atoms with E-state index in [1.165, 1.54) is 0 Å². The van der Waals surface area contributed by atoms with Gasteiger partial charge in [-0.2, -0.15) is 0 Å². The SMILES string of the molecule is COc1cccc(CCC(=O)CCc2cccc(OC)c2)c1. The molecule has 0 bridgehead atoms. The van der Waals surface area contributed by atoms with Gasteiger partial charge in [-0.05, 0) is 48.2 Å². The molecule has 2 aromatic carbocycles. The molecule has 116 valence electrons. The van der Waals surface area contributed by atoms with Gasteiger partial charge in [0.2, 0.25) is 0 Å². The van der Waals surface area contributed by atoms with Crippen molar-refractivity contribution >= 4 is 5.78 Å². The lowest BCUT2D eigenvalue weighted by molar-refractivity contribution is -0.119. The van der Waals surface area contributed by atoms with Crippen molar-refractivity contribution in [3.63, 3.8) is 0 Å². The minimum Gasteiger partial charge on any atom is -0.497 e. The number of rotatable bonds is 8. The molecule has 0 saturated carbocycles. The zero-order valence-corrected chi connectivity index (χ0v) is 13.2. The normalized spacial score (nSPS) is 10.3. The van der Waals surface area contributed by atoms with Gasteiger partial charge >= 0.3 is 0 Å². The second-order valence-corrected chi connectivity index (χ2v) is 5.24. The molecule has 2 aromatic rings. The first-order valence-corrected chi connectivity index (χ1v) is 7.49. The quantitative estimate of drug-likeness (QED) is 0.743. The van der Waals surface area contributed by atoms with Crippen LogP contribution in [0.2, 0.25) is 0 Å². The van der Waals surface area contributed by atoms with E-state index in [0.29, 0.717) is 12.8 Å². The van der Waals surface area contributed by atoms with Gasteiger partial charge in [-0.15, -0.1) is 0 Å². The zero-order valence-electron chi connectivity index (χ0n) is 13.2. The average Bonchev–Trinajstić information content (AvgIpc) is 2.58. The van der Waals surface area contributed by atoms with Crippen LogP contribution in [0.3, 0.4) is 0 Å². The summed E-state index contributed by atoms with van der Waals surface area (Å²) in [5.41, 5.74) is 2.27. The van der Waals surface area contributed by atoms with Gasteiger partial charge in [-0.3, -0.25) is 4.79 Å². The zero-order chi connectivity index (χ0) is 15.8. The van der Waals surface area contributed by atoms with E-state index in [1.807, 2.05) is 48.5 Å². The van der Waals surface area contributed by atoms with E-state index in [-0.39, 0.29) is 5.78 Å². The highest BCUT2D eigenvalue weighted by atomic mass is 16.5. The molecule has 0 saturated heterocycles. The minimum absolute atomic E-state index is 0.283. The first kappa shape index (κ1) is 16.1. The Morgan fingerprint density at radius 2 is 1.27 bits per heavy atom. The van der Waals surface area contributed by atoms with E-state index in [9.17, 15) is 4.79 Å². The number of ketones is 1. The Bertz CT molecular complexity index is 566. The highest BCUT2D eigenvalue weighted by Crippen LogP contribution is 2.16. The molecule has 0 unspecified atom stereocenters. The third kappa shape index (κ3) is 4.92. The van der Waals surface area contributed by atoms with Crippen molar-refractivity contribution in [2.24, 2.45) is 0 Å². The molecule has 0 fully saturated rings. The van der Waals surface area contributed by atoms with E-state index in [0.717, 1.165) is 35.5 Å². The molecule has 0 spiro atoms. The number of hydrogen-bond donors (Lipinski definition) is 0. The lowest BCUT2D eigenvalue weighted by Crippen LogP contribution is -2.02. The lowest BCUT2D eigenvalue weighted by Gasteiger charge is -2.06. The van der Waals surface area contributed by atoms with Crippen molar-refractivity contribution in [3.05, 3.63) is 59.7 Å². The van der Waals surface area contributed by atoms with Crippen molar-refractivity contribution in [1.82, 2.24) is 0 Å². The smallest absolute Gasteiger partial charge is 0.133 e. The highest BCUT2D eigenvalue weighted by molar-refractivity contribution is 5.78. The highest BCUT2D eigenvalue weighted by Gasteiger charge is 2.05. The summed E-state index contributed by atoms with van der Waals surface area (Å²) in [6.45, 7) is 0. The molecular weight excluding hydrogens is 276 g/mol. The Morgan fingerprint density at radius 3 is 1.68 bits per heavy atom. The van der Waals surface area contributed by atoms with Gasteiger partial charge in [0, 0.05) is 12.8 Å². The van der Waals surface area contributed by atoms with Crippen molar-refractivity contribution in [1.29, 1.82) is 0 Å². The topological polar surface area (TPSA) is 35.5 Å². The fraction of sp³-hybridized carbons (Fsp3) is 0.316. The molecule has 0 aliphatic heterocycles. The monoisotopic (exact) mass is 298 g/mol. The standard InChI is InChI=1S/C19H22O3/c1-21-18-7-3-5-15(13-18)9-11-17(20)12-10-16-6-4-8-19(14-16)22-2/h3-8,13-14H,9-12H2,1-2H3. The van der Waals surface area contributed by atoms with E-state index in [1.54, 1.807) is 14.2 Å². The van der Waals surface area contributed by atoms with Crippen LogP contribution in [0.1, 0.15) is 24.0 Å². The number of benzene rings is 2. The Kier molecular flexibility index (Phi) is 6.01. The Balaban J connectivity index is 1.80. The maximum atomic E-state index is 12.0. The molecule has 0 N–H and O–H groups in total. The molecule has 0 aliphatic carbocycles. The van der Waals surface area contributed by atoms with Crippen LogP contribution >= 0.6 is 0 Å². The van der Waals surface area contributed by atoms with Crippen molar-refractivity contribution in [2.45, 2.75) is 25.7 Å². The fourth-order valence-corrected chi connectivity index (χ4v) is 2.35. The third-order valence-corrected chi connectivity index (χ3v) is 3.65. The second kappa shape index (κ2) is 8.23. The van der Waals surface area contributed by atoms with Gasteiger partial charge < -0.3 is 9.47 Å². The molecule has 3 nitrogen and oxygen atoms in total. The molecule has 0 aromatic heterocycles. The Hall–Kier alpha value is -2.29. The van der Waals surface area contributed by atoms with Crippen LogP contribution < -0.4 is 9.47 Å². The number of ether oxygens (including phenoxy) is 2. The summed E-state index contributed by atoms with van der Waals surface area (Å²) in [5, 5.41) is 0. The Morgan fingerprint density at radius 1 is 0.818 bits per heavy atom. The van der Waals surface area contributed by atoms with Gasteiger partial charge in [0.15, 0.2) is 0 Å². The molecule has 22 heavy (non-hydrogen) atoms. The number of carbonyl (C=O) groups excluding carboxylic acids is 1. The van der Waals surface area contributed by atoms with Crippen LogP contribution in [0.15, 0.2) is 48.5 Å². The fourth-order valence-electron chi connectivity index (χ4n) is 2.35. The van der Waals surface area contributed by atoms with Gasteiger partial charge in [0.25, 0.3) is 0 Å². The molecule has 0 radical (unpaired) electrons. The van der Waals surface area contributed by atoms with E-state index in [4.69, 9.17) is 9.47 Å². The molecule has 2 rings (SSSR count). The summed E-state index contributed by atoms with van der Waals surface area (Å²) in [4.78, 5) is 12.0. The summed E-state index contributed by atoms with van der Waals surface area (Å²) in [6, 6.07) is 15.7. The maximum absolute atomic E-state index is 12.0. The summed E-state index contributed by atoms with van der Waals surface area (Å²) in [5.74, 6) is 1.95. The Labute approximate surface area is 131 Å². The van der Waals surface area contributed by atoms with Gasteiger partial charge in [0.05, 0.1) is 14.2 Å². The van der Waals surface area contributed by atoms with Crippen LogP contribution in [0.5, 0.6) is 11.5 Å².